The molecule has 48 heavy (non-hydrogen) atoms. The van der Waals surface area contributed by atoms with Crippen LogP contribution in [0.4, 0.5) is 5.69 Å². The molecular formula is C38H48N4O6. The average Bonchev–Trinajstić information content (AvgIpc) is 3.89. The molecule has 0 N–H and O–H groups in total. The Kier molecular flexibility index (Phi) is 10.6. The molecule has 0 radical (unpaired) electrons. The number of oxime groups is 2. The van der Waals surface area contributed by atoms with Crippen LogP contribution >= 0.6 is 0 Å². The van der Waals surface area contributed by atoms with E-state index in [0.29, 0.717) is 35.3 Å². The number of non-ortho nitro benzene ring substituents is 1. The summed E-state index contributed by atoms with van der Waals surface area (Å²) in [6.45, 7) is 4.13. The Morgan fingerprint density at radius 2 is 1.31 bits per heavy atom. The second-order valence-corrected chi connectivity index (χ2v) is 14.0. The number of hydrogen-bond acceptors (Lipinski definition) is 8. The van der Waals surface area contributed by atoms with Gasteiger partial charge < -0.3 is 14.2 Å². The fourth-order valence-electron chi connectivity index (χ4n) is 8.19. The number of aromatic nitrogens is 1. The molecule has 3 fully saturated rings. The Morgan fingerprint density at radius 1 is 0.771 bits per heavy atom. The number of carbonyl (C=O) groups excluding carboxylic acids is 2. The molecule has 0 saturated heterocycles. The van der Waals surface area contributed by atoms with Crippen LogP contribution < -0.4 is 0 Å². The van der Waals surface area contributed by atoms with Crippen LogP contribution in [0, 0.1) is 27.9 Å². The van der Waals surface area contributed by atoms with E-state index >= 15 is 0 Å². The predicted molar refractivity (Wildman–Crippen MR) is 187 cm³/mol. The number of hydrogen-bond donors (Lipinski definition) is 0. The summed E-state index contributed by atoms with van der Waals surface area (Å²) in [5.41, 5.74) is 5.21. The van der Waals surface area contributed by atoms with Gasteiger partial charge in [-0.3, -0.25) is 10.1 Å². The third-order valence-electron chi connectivity index (χ3n) is 10.8. The first kappa shape index (κ1) is 33.8. The van der Waals surface area contributed by atoms with Gasteiger partial charge in [0.25, 0.3) is 5.69 Å². The van der Waals surface area contributed by atoms with Crippen molar-refractivity contribution in [2.75, 3.05) is 0 Å². The van der Waals surface area contributed by atoms with E-state index in [4.69, 9.17) is 9.68 Å². The highest BCUT2D eigenvalue weighted by atomic mass is 16.7. The highest BCUT2D eigenvalue weighted by molar-refractivity contribution is 6.17. The topological polar surface area (TPSA) is 125 Å². The Balaban J connectivity index is 1.49. The smallest absolute Gasteiger partial charge is 0.338 e. The van der Waals surface area contributed by atoms with Crippen LogP contribution in [0.15, 0.2) is 34.6 Å². The number of nitro benzene ring substituents is 1. The van der Waals surface area contributed by atoms with Gasteiger partial charge in [-0.15, -0.1) is 0 Å². The number of benzene rings is 2. The van der Waals surface area contributed by atoms with Gasteiger partial charge in [-0.1, -0.05) is 75.5 Å². The van der Waals surface area contributed by atoms with Crippen molar-refractivity contribution in [2.24, 2.45) is 35.1 Å². The lowest BCUT2D eigenvalue weighted by Crippen LogP contribution is -2.21. The van der Waals surface area contributed by atoms with E-state index in [9.17, 15) is 19.7 Å². The van der Waals surface area contributed by atoms with E-state index in [1.807, 2.05) is 23.7 Å². The van der Waals surface area contributed by atoms with Crippen molar-refractivity contribution < 1.29 is 24.2 Å². The first-order valence-electron chi connectivity index (χ1n) is 18.1. The predicted octanol–water partition coefficient (Wildman–Crippen LogP) is 9.06. The average molecular weight is 657 g/mol. The van der Waals surface area contributed by atoms with Crippen LogP contribution in [0.25, 0.3) is 21.8 Å². The summed E-state index contributed by atoms with van der Waals surface area (Å²) in [5.74, 6) is -0.776. The summed E-state index contributed by atoms with van der Waals surface area (Å²) >= 11 is 0. The molecule has 10 heteroatoms. The van der Waals surface area contributed by atoms with Crippen molar-refractivity contribution in [1.29, 1.82) is 0 Å². The summed E-state index contributed by atoms with van der Waals surface area (Å²) in [7, 11) is 1.88. The maximum Gasteiger partial charge on any atom is 0.338 e. The third-order valence-corrected chi connectivity index (χ3v) is 10.8. The Morgan fingerprint density at radius 3 is 1.90 bits per heavy atom. The SMILES string of the molecule is CCC/C(=N\OC(=O)C1CCCC1)c1cc(CC)c2c(c1)c1cc(/C(=N/OC(=O)C3CCCC3)C3CCCCC3)cc([N+](=O)[O-])c1n2C. The number of rotatable bonds is 11. The van der Waals surface area contributed by atoms with Gasteiger partial charge in [0.15, 0.2) is 0 Å². The quantitative estimate of drug-likeness (QED) is 0.0877. The molecule has 0 atom stereocenters. The molecule has 0 unspecified atom stereocenters. The van der Waals surface area contributed by atoms with Crippen LogP contribution in [0.5, 0.6) is 0 Å². The number of carbonyl (C=O) groups is 2. The van der Waals surface area contributed by atoms with Crippen molar-refractivity contribution >= 4 is 50.9 Å². The first-order valence-corrected chi connectivity index (χ1v) is 18.1. The molecule has 3 aliphatic rings. The van der Waals surface area contributed by atoms with Crippen LogP contribution in [0.1, 0.15) is 127 Å². The Hall–Kier alpha value is -4.08. The lowest BCUT2D eigenvalue weighted by Gasteiger charge is -2.23. The van der Waals surface area contributed by atoms with Crippen molar-refractivity contribution in [3.05, 3.63) is 51.1 Å². The summed E-state index contributed by atoms with van der Waals surface area (Å²) in [4.78, 5) is 49.2. The van der Waals surface area contributed by atoms with Crippen molar-refractivity contribution in [3.63, 3.8) is 0 Å². The zero-order valence-corrected chi connectivity index (χ0v) is 28.6. The largest absolute Gasteiger partial charge is 0.338 e. The molecule has 3 aliphatic carbocycles. The molecule has 6 rings (SSSR count). The number of aryl methyl sites for hydroxylation is 2. The van der Waals surface area contributed by atoms with Gasteiger partial charge in [0.2, 0.25) is 0 Å². The normalized spacial score (nSPS) is 18.6. The fourth-order valence-corrected chi connectivity index (χ4v) is 8.19. The van der Waals surface area contributed by atoms with Crippen LogP contribution in [0.3, 0.4) is 0 Å². The minimum absolute atomic E-state index is 0.0108. The zero-order valence-electron chi connectivity index (χ0n) is 28.6. The Labute approximate surface area is 282 Å². The fraction of sp³-hybridized carbons (Fsp3) is 0.579. The zero-order chi connectivity index (χ0) is 33.8. The van der Waals surface area contributed by atoms with E-state index in [2.05, 4.69) is 30.2 Å². The minimum Gasteiger partial charge on any atom is -0.338 e. The second-order valence-electron chi connectivity index (χ2n) is 14.0. The maximum atomic E-state index is 12.9. The molecule has 3 aromatic rings. The van der Waals surface area contributed by atoms with Crippen molar-refractivity contribution in [1.82, 2.24) is 4.57 Å². The summed E-state index contributed by atoms with van der Waals surface area (Å²) in [6, 6.07) is 7.70. The molecule has 10 nitrogen and oxygen atoms in total. The molecule has 0 bridgehead atoms. The molecule has 1 heterocycles. The standard InChI is InChI=1S/C38H48N4O6/c1-4-13-32(39-47-37(43)26-16-9-10-17-26)28-20-24(5-2)35-30(21-28)31-22-29(23-33(42(45)46)36(31)41(35)3)34(25-14-7-6-8-15-25)40-48-38(44)27-18-11-12-19-27/h20-23,25-27H,4-19H2,1-3H3/b39-32+,40-34+. The van der Waals surface area contributed by atoms with Gasteiger partial charge in [0, 0.05) is 40.9 Å². The van der Waals surface area contributed by atoms with E-state index < -0.39 is 0 Å². The molecule has 1 aromatic heterocycles. The van der Waals surface area contributed by atoms with Crippen LogP contribution in [0.2, 0.25) is 0 Å². The lowest BCUT2D eigenvalue weighted by molar-refractivity contribution is -0.383. The first-order chi connectivity index (χ1) is 23.3. The van der Waals surface area contributed by atoms with Gasteiger partial charge >= 0.3 is 11.9 Å². The van der Waals surface area contributed by atoms with Gasteiger partial charge in [-0.05, 0) is 75.1 Å². The minimum atomic E-state index is -0.327. The second kappa shape index (κ2) is 15.0. The summed E-state index contributed by atoms with van der Waals surface area (Å²) < 4.78 is 1.92. The van der Waals surface area contributed by atoms with E-state index in [-0.39, 0.29) is 40.3 Å². The molecule has 3 saturated carbocycles. The number of nitro groups is 1. The highest BCUT2D eigenvalue weighted by Gasteiger charge is 2.30. The molecule has 0 aliphatic heterocycles. The lowest BCUT2D eigenvalue weighted by atomic mass is 9.83. The van der Waals surface area contributed by atoms with Gasteiger partial charge in [-0.25, -0.2) is 9.59 Å². The molecule has 0 spiro atoms. The monoisotopic (exact) mass is 656 g/mol. The van der Waals surface area contributed by atoms with Crippen molar-refractivity contribution in [3.8, 4) is 0 Å². The summed E-state index contributed by atoms with van der Waals surface area (Å²) in [5, 5.41) is 23.2. The maximum absolute atomic E-state index is 12.9. The molecule has 0 amide bonds. The molecule has 256 valence electrons. The van der Waals surface area contributed by atoms with Gasteiger partial charge in [0.05, 0.1) is 33.7 Å². The third kappa shape index (κ3) is 6.89. The van der Waals surface area contributed by atoms with Gasteiger partial charge in [-0.2, -0.15) is 0 Å². The number of fused-ring (bicyclic) bond motifs is 3. The van der Waals surface area contributed by atoms with Crippen LogP contribution in [-0.4, -0.2) is 32.9 Å². The van der Waals surface area contributed by atoms with Crippen LogP contribution in [-0.2, 0) is 32.7 Å². The van der Waals surface area contributed by atoms with Gasteiger partial charge in [0.1, 0.15) is 5.52 Å². The van der Waals surface area contributed by atoms with Crippen molar-refractivity contribution in [2.45, 2.75) is 117 Å². The Bertz CT molecular complexity index is 1750. The van der Waals surface area contributed by atoms with E-state index in [1.165, 1.54) is 0 Å². The summed E-state index contributed by atoms with van der Waals surface area (Å²) in [6.07, 6.45) is 14.5. The number of nitrogens with zero attached hydrogens (tertiary/aromatic N) is 4. The van der Waals surface area contributed by atoms with E-state index in [1.54, 1.807) is 6.07 Å². The molecular weight excluding hydrogens is 608 g/mol. The molecule has 2 aromatic carbocycles. The van der Waals surface area contributed by atoms with E-state index in [0.717, 1.165) is 117 Å². The highest BCUT2D eigenvalue weighted by Crippen LogP contribution is 2.40.